The van der Waals surface area contributed by atoms with Gasteiger partial charge < -0.3 is 103 Å². The quantitative estimate of drug-likeness (QED) is 0.0140. The smallest absolute Gasteiger partial charge is 0.326 e. The fourth-order valence-corrected chi connectivity index (χ4v) is 11.5. The molecule has 0 bridgehead atoms. The molecular weight excluding hydrogens is 1270 g/mol. The lowest BCUT2D eigenvalue weighted by molar-refractivity contribution is -0.142. The van der Waals surface area contributed by atoms with Crippen molar-refractivity contribution in [1.29, 1.82) is 0 Å². The Kier molecular flexibility index (Phi) is 29.4. The second kappa shape index (κ2) is 37.7. The summed E-state index contributed by atoms with van der Waals surface area (Å²) in [6.07, 6.45) is 5.71. The van der Waals surface area contributed by atoms with Crippen molar-refractivity contribution in [3.8, 4) is 0 Å². The molecule has 0 aliphatic carbocycles. The number of carbonyl (C=O) groups excluding carboxylic acids is 8. The zero-order valence-electron chi connectivity index (χ0n) is 57.0. The number of aliphatic imine (C=N–C) groups is 3. The Morgan fingerprint density at radius 1 is 0.424 bits per heavy atom. The van der Waals surface area contributed by atoms with Gasteiger partial charge in [0.15, 0.2) is 17.9 Å². The number of carboxylic acids is 1. The van der Waals surface area contributed by atoms with Gasteiger partial charge in [-0.05, 0) is 104 Å². The molecule has 0 spiro atoms. The number of aromatic amines is 3. The molecule has 0 radical (unpaired) electrons. The minimum Gasteiger partial charge on any atom is -0.480 e. The van der Waals surface area contributed by atoms with E-state index in [1.54, 1.807) is 52.4 Å². The van der Waals surface area contributed by atoms with E-state index in [-0.39, 0.29) is 108 Å². The molecule has 31 nitrogen and oxygen atoms in total. The summed E-state index contributed by atoms with van der Waals surface area (Å²) in [5.74, 6) is -9.47. The van der Waals surface area contributed by atoms with Crippen LogP contribution in [0.25, 0.3) is 32.7 Å². The summed E-state index contributed by atoms with van der Waals surface area (Å²) in [4.78, 5) is 151. The van der Waals surface area contributed by atoms with E-state index in [1.807, 2.05) is 80.6 Å². The van der Waals surface area contributed by atoms with E-state index in [4.69, 9.17) is 40.1 Å². The summed E-state index contributed by atoms with van der Waals surface area (Å²) < 4.78 is 0. The number of nitrogens with one attached hydrogen (secondary N) is 11. The van der Waals surface area contributed by atoms with Crippen molar-refractivity contribution in [2.45, 2.75) is 167 Å². The van der Waals surface area contributed by atoms with Crippen LogP contribution in [0.4, 0.5) is 0 Å². The maximum Gasteiger partial charge on any atom is 0.326 e. The SMILES string of the molecule is CC[C@H](C)[C@H](NC(=O)[C@H](Cc1c[nH]c2ccccc12)NC(=O)[C@@H](NC(=O)[C@H](CC(C)C)NC(=O)[C@@H](N)Cc1c[nH]c2ccccc12)C(C)C)C(=O)N[C@@H](Cc1c[nH]c2ccccc12)C(=O)N[C@@H](CCCN=C(N)N)C(=O)N[C@@H](CCCN=C(N)N)C(=O)N[C@@H](CCCN=C(N)N)C(=O)O. The van der Waals surface area contributed by atoms with Gasteiger partial charge in [-0.25, -0.2) is 4.79 Å². The van der Waals surface area contributed by atoms with Gasteiger partial charge in [-0.15, -0.1) is 0 Å². The number of nitrogens with zero attached hydrogens (tertiary/aromatic N) is 3. The van der Waals surface area contributed by atoms with Crippen molar-refractivity contribution < 1.29 is 48.3 Å². The first-order chi connectivity index (χ1) is 47.1. The first-order valence-electron chi connectivity index (χ1n) is 33.4. The number of rotatable bonds is 40. The molecule has 0 saturated heterocycles. The summed E-state index contributed by atoms with van der Waals surface area (Å²) in [7, 11) is 0. The number of nitrogens with two attached hydrogens (primary N) is 7. The van der Waals surface area contributed by atoms with Gasteiger partial charge in [-0.1, -0.05) is 103 Å². The molecule has 0 saturated carbocycles. The van der Waals surface area contributed by atoms with Crippen molar-refractivity contribution in [1.82, 2.24) is 57.5 Å². The van der Waals surface area contributed by atoms with Crippen LogP contribution in [0.1, 0.15) is 110 Å². The van der Waals surface area contributed by atoms with Crippen LogP contribution in [0.3, 0.4) is 0 Å². The van der Waals surface area contributed by atoms with Gasteiger partial charge in [0.25, 0.3) is 0 Å². The number of aromatic nitrogens is 3. The fourth-order valence-electron chi connectivity index (χ4n) is 11.5. The second-order valence-corrected chi connectivity index (χ2v) is 25.6. The van der Waals surface area contributed by atoms with Crippen LogP contribution in [0.2, 0.25) is 0 Å². The van der Waals surface area contributed by atoms with Gasteiger partial charge in [0.1, 0.15) is 48.3 Å². The molecule has 26 N–H and O–H groups in total. The largest absolute Gasteiger partial charge is 0.480 e. The zero-order valence-corrected chi connectivity index (χ0v) is 57.0. The van der Waals surface area contributed by atoms with Gasteiger partial charge in [-0.3, -0.25) is 53.3 Å². The van der Waals surface area contributed by atoms with E-state index in [0.29, 0.717) is 28.5 Å². The molecule has 10 atom stereocenters. The van der Waals surface area contributed by atoms with Crippen molar-refractivity contribution >= 4 is 104 Å². The Hall–Kier alpha value is -10.7. The van der Waals surface area contributed by atoms with E-state index in [1.165, 1.54) is 0 Å². The number of fused-ring (bicyclic) bond motifs is 3. The van der Waals surface area contributed by atoms with Crippen LogP contribution in [0, 0.1) is 17.8 Å². The minimum atomic E-state index is -1.47. The lowest BCUT2D eigenvalue weighted by atomic mass is 9.95. The molecule has 3 aromatic heterocycles. The van der Waals surface area contributed by atoms with Gasteiger partial charge in [-0.2, -0.15) is 0 Å². The fraction of sp³-hybridized carbons (Fsp3) is 0.471. The number of amides is 8. The monoisotopic (exact) mass is 1370 g/mol. The maximum atomic E-state index is 15.2. The highest BCUT2D eigenvalue weighted by molar-refractivity contribution is 5.99. The van der Waals surface area contributed by atoms with E-state index >= 15 is 14.4 Å². The molecule has 0 aliphatic rings. The molecule has 6 aromatic rings. The summed E-state index contributed by atoms with van der Waals surface area (Å²) in [6.45, 7) is 10.8. The molecule has 3 aromatic carbocycles. The second-order valence-electron chi connectivity index (χ2n) is 25.6. The Bertz CT molecular complexity index is 3830. The number of carbonyl (C=O) groups is 9. The zero-order chi connectivity index (χ0) is 72.5. The predicted molar refractivity (Wildman–Crippen MR) is 381 cm³/mol. The number of guanidine groups is 3. The molecule has 8 amide bonds. The summed E-state index contributed by atoms with van der Waals surface area (Å²) >= 11 is 0. The highest BCUT2D eigenvalue weighted by atomic mass is 16.4. The lowest BCUT2D eigenvalue weighted by Crippen LogP contribution is -2.62. The van der Waals surface area contributed by atoms with Gasteiger partial charge >= 0.3 is 5.97 Å². The topological polar surface area (TPSA) is 537 Å². The molecule has 6 rings (SSSR count). The Morgan fingerprint density at radius 3 is 1.15 bits per heavy atom. The molecule has 0 fully saturated rings. The van der Waals surface area contributed by atoms with Crippen LogP contribution >= 0.6 is 0 Å². The van der Waals surface area contributed by atoms with Crippen molar-refractivity contribution in [2.24, 2.45) is 72.9 Å². The summed E-state index contributed by atoms with van der Waals surface area (Å²) in [5.41, 5.74) is 44.1. The average Bonchev–Trinajstić information content (AvgIpc) is 1.73. The average molecular weight is 1370 g/mol. The third kappa shape index (κ3) is 23.5. The van der Waals surface area contributed by atoms with Gasteiger partial charge in [0.05, 0.1) is 6.04 Å². The summed E-state index contributed by atoms with van der Waals surface area (Å²) in [6, 6.07) is 10.3. The summed E-state index contributed by atoms with van der Waals surface area (Å²) in [5, 5.41) is 34.7. The number of aliphatic carboxylic acids is 1. The predicted octanol–water partition coefficient (Wildman–Crippen LogP) is 0.358. The molecule has 31 heteroatoms. The van der Waals surface area contributed by atoms with E-state index in [0.717, 1.165) is 27.4 Å². The Morgan fingerprint density at radius 2 is 0.758 bits per heavy atom. The highest BCUT2D eigenvalue weighted by Crippen LogP contribution is 2.24. The maximum absolute atomic E-state index is 15.2. The molecular formula is C68H99N21O10. The first kappa shape index (κ1) is 77.3. The number of benzene rings is 3. The normalized spacial score (nSPS) is 14.4. The molecule has 99 heavy (non-hydrogen) atoms. The number of hydrogen-bond acceptors (Lipinski definition) is 13. The van der Waals surface area contributed by atoms with E-state index in [2.05, 4.69) is 72.5 Å². The third-order valence-corrected chi connectivity index (χ3v) is 17.0. The molecule has 536 valence electrons. The Labute approximate surface area is 574 Å². The van der Waals surface area contributed by atoms with Gasteiger partial charge in [0, 0.05) is 83.8 Å². The standard InChI is InChI=1S/C68H99N21O10/c1-7-38(6)56(89-62(95)54(32-41-35-81-48-22-13-10-19-44(41)48)86-63(96)55(37(4)5)88-61(94)52(29-36(2)3)85-57(90)45(69)30-39-33-79-46-20-11-8-17-42(39)46)64(97)87-53(31-40-34-80-47-21-12-9-18-43(40)47)60(93)83-49(23-14-26-76-66(70)71)58(91)82-50(24-15-27-77-67(72)73)59(92)84-51(65(98)99)25-16-28-78-68(74)75/h8-13,17-22,33-38,45,49-56,79-81H,7,14-16,23-32,69H2,1-6H3,(H,82,91)(H,83,93)(H,84,92)(H,85,90)(H,86,96)(H,87,97)(H,88,94)(H,89,95)(H,98,99)(H4,70,71,76)(H4,72,73,77)(H4,74,75,78)/t38-,45-,49-,50-,51-,52-,53-,54-,55-,56-/m0/s1. The number of carboxylic acid groups (broad SMARTS) is 1. The van der Waals surface area contributed by atoms with Crippen molar-refractivity contribution in [3.05, 3.63) is 108 Å². The molecule has 0 unspecified atom stereocenters. The van der Waals surface area contributed by atoms with Crippen LogP contribution in [-0.2, 0) is 62.4 Å². The van der Waals surface area contributed by atoms with Gasteiger partial charge in [0.2, 0.25) is 47.3 Å². The number of hydrogen-bond donors (Lipinski definition) is 19. The van der Waals surface area contributed by atoms with Crippen LogP contribution in [-0.4, -0.2) is 165 Å². The Balaban J connectivity index is 1.29. The highest BCUT2D eigenvalue weighted by Gasteiger charge is 2.38. The molecule has 0 aliphatic heterocycles. The first-order valence-corrected chi connectivity index (χ1v) is 33.4. The lowest BCUT2D eigenvalue weighted by Gasteiger charge is -2.30. The van der Waals surface area contributed by atoms with Crippen molar-refractivity contribution in [2.75, 3.05) is 19.6 Å². The third-order valence-electron chi connectivity index (χ3n) is 17.0. The minimum absolute atomic E-state index is 0.00692. The van der Waals surface area contributed by atoms with Crippen LogP contribution in [0.15, 0.2) is 106 Å². The van der Waals surface area contributed by atoms with Crippen LogP contribution in [0.5, 0.6) is 0 Å². The molecule has 3 heterocycles. The number of para-hydroxylation sites is 3. The van der Waals surface area contributed by atoms with E-state index < -0.39 is 119 Å². The van der Waals surface area contributed by atoms with E-state index in [9.17, 15) is 33.9 Å². The van der Waals surface area contributed by atoms with Crippen molar-refractivity contribution in [3.63, 3.8) is 0 Å². The number of H-pyrrole nitrogens is 3. The van der Waals surface area contributed by atoms with Crippen LogP contribution < -0.4 is 82.7 Å².